The second-order valence-electron chi connectivity index (χ2n) is 7.21. The van der Waals surface area contributed by atoms with Crippen LogP contribution in [0.1, 0.15) is 12.8 Å². The molecule has 0 radical (unpaired) electrons. The van der Waals surface area contributed by atoms with Crippen LogP contribution in [0.4, 0.5) is 5.69 Å². The minimum atomic E-state index is -0.351. The van der Waals surface area contributed by atoms with Gasteiger partial charge in [-0.15, -0.1) is 0 Å². The van der Waals surface area contributed by atoms with Crippen molar-refractivity contribution in [3.8, 4) is 5.75 Å². The average molecular weight is 424 g/mol. The zero-order valence-corrected chi connectivity index (χ0v) is 17.1. The molecule has 0 saturated carbocycles. The number of nitrogens with one attached hydrogen (secondary N) is 1. The predicted molar refractivity (Wildman–Crippen MR) is 117 cm³/mol. The number of carbonyl (C=O) groups excluding carboxylic acids is 2. The molecule has 2 amide bonds. The summed E-state index contributed by atoms with van der Waals surface area (Å²) in [4.78, 5) is 30.8. The first-order valence-corrected chi connectivity index (χ1v) is 10.3. The highest BCUT2D eigenvalue weighted by Crippen LogP contribution is 2.26. The first kappa shape index (κ1) is 20.2. The van der Waals surface area contributed by atoms with E-state index in [1.54, 1.807) is 35.4 Å². The van der Waals surface area contributed by atoms with Gasteiger partial charge in [-0.2, -0.15) is 0 Å². The predicted octanol–water partition coefficient (Wildman–Crippen LogP) is 3.83. The molecule has 0 spiro atoms. The number of pyridine rings is 1. The maximum absolute atomic E-state index is 12.5. The molecule has 7 heteroatoms. The van der Waals surface area contributed by atoms with Crippen molar-refractivity contribution in [3.05, 3.63) is 65.8 Å². The van der Waals surface area contributed by atoms with Gasteiger partial charge in [0.1, 0.15) is 11.3 Å². The van der Waals surface area contributed by atoms with Crippen molar-refractivity contribution in [3.63, 3.8) is 0 Å². The summed E-state index contributed by atoms with van der Waals surface area (Å²) in [5.74, 6) is 0.228. The van der Waals surface area contributed by atoms with E-state index in [1.165, 1.54) is 0 Å². The molecule has 3 aromatic rings. The summed E-state index contributed by atoms with van der Waals surface area (Å²) in [6, 6.07) is 16.8. The van der Waals surface area contributed by atoms with Crippen LogP contribution in [-0.4, -0.2) is 36.5 Å². The van der Waals surface area contributed by atoms with E-state index in [4.69, 9.17) is 16.3 Å². The molecule has 2 heterocycles. The average Bonchev–Trinajstić information content (AvgIpc) is 3.16. The Kier molecular flexibility index (Phi) is 6.14. The van der Waals surface area contributed by atoms with Crippen molar-refractivity contribution in [2.24, 2.45) is 5.92 Å². The topological polar surface area (TPSA) is 71.5 Å². The SMILES string of the molecule is O=C(NCCCOc1cccc2cccnc12)C1CC(=O)N(c2ccc(Cl)cc2)C1. The summed E-state index contributed by atoms with van der Waals surface area (Å²) in [6.45, 7) is 1.34. The van der Waals surface area contributed by atoms with Crippen LogP contribution >= 0.6 is 11.6 Å². The Hall–Kier alpha value is -3.12. The van der Waals surface area contributed by atoms with Gasteiger partial charge in [0.2, 0.25) is 11.8 Å². The van der Waals surface area contributed by atoms with Crippen LogP contribution in [-0.2, 0) is 9.59 Å². The molecule has 0 bridgehead atoms. The monoisotopic (exact) mass is 423 g/mol. The maximum Gasteiger partial charge on any atom is 0.227 e. The van der Waals surface area contributed by atoms with Gasteiger partial charge < -0.3 is 15.0 Å². The van der Waals surface area contributed by atoms with Gasteiger partial charge >= 0.3 is 0 Å². The van der Waals surface area contributed by atoms with Crippen LogP contribution in [0, 0.1) is 5.92 Å². The third-order valence-electron chi connectivity index (χ3n) is 5.11. The molecule has 1 aliphatic heterocycles. The Morgan fingerprint density at radius 2 is 1.97 bits per heavy atom. The summed E-state index contributed by atoms with van der Waals surface area (Å²) in [5.41, 5.74) is 1.59. The normalized spacial score (nSPS) is 16.1. The highest BCUT2D eigenvalue weighted by Gasteiger charge is 2.34. The summed E-state index contributed by atoms with van der Waals surface area (Å²) in [5, 5.41) is 4.55. The van der Waals surface area contributed by atoms with E-state index in [9.17, 15) is 9.59 Å². The first-order valence-electron chi connectivity index (χ1n) is 9.92. The number of anilines is 1. The lowest BCUT2D eigenvalue weighted by atomic mass is 10.1. The molecule has 1 aliphatic rings. The number of aromatic nitrogens is 1. The lowest BCUT2D eigenvalue weighted by Crippen LogP contribution is -2.34. The standard InChI is InChI=1S/C23H22ClN3O3/c24-18-7-9-19(10-8-18)27-15-17(14-21(27)28)23(29)26-12-3-13-30-20-6-1-4-16-5-2-11-25-22(16)20/h1-2,4-11,17H,3,12-15H2,(H,26,29). The number of hydrogen-bond acceptors (Lipinski definition) is 4. The molecular weight excluding hydrogens is 402 g/mol. The number of para-hydroxylation sites is 1. The number of ether oxygens (including phenoxy) is 1. The maximum atomic E-state index is 12.5. The number of amides is 2. The van der Waals surface area contributed by atoms with Crippen LogP contribution in [0.3, 0.4) is 0 Å². The van der Waals surface area contributed by atoms with E-state index in [2.05, 4.69) is 10.3 Å². The van der Waals surface area contributed by atoms with E-state index in [0.29, 0.717) is 31.1 Å². The summed E-state index contributed by atoms with van der Waals surface area (Å²) in [6.07, 6.45) is 2.62. The van der Waals surface area contributed by atoms with Crippen molar-refractivity contribution in [2.45, 2.75) is 12.8 Å². The molecule has 1 aromatic heterocycles. The summed E-state index contributed by atoms with van der Waals surface area (Å²) >= 11 is 5.90. The van der Waals surface area contributed by atoms with E-state index in [0.717, 1.165) is 22.3 Å². The van der Waals surface area contributed by atoms with Gasteiger partial charge in [0.25, 0.3) is 0 Å². The van der Waals surface area contributed by atoms with Crippen molar-refractivity contribution in [1.82, 2.24) is 10.3 Å². The largest absolute Gasteiger partial charge is 0.491 e. The number of halogens is 1. The Morgan fingerprint density at radius 1 is 1.17 bits per heavy atom. The van der Waals surface area contributed by atoms with Crippen LogP contribution in [0.5, 0.6) is 5.75 Å². The highest BCUT2D eigenvalue weighted by atomic mass is 35.5. The molecule has 0 aliphatic carbocycles. The Morgan fingerprint density at radius 3 is 2.80 bits per heavy atom. The molecule has 6 nitrogen and oxygen atoms in total. The zero-order valence-electron chi connectivity index (χ0n) is 16.4. The second-order valence-corrected chi connectivity index (χ2v) is 7.64. The Labute approximate surface area is 179 Å². The number of rotatable bonds is 7. The summed E-state index contributed by atoms with van der Waals surface area (Å²) < 4.78 is 5.84. The molecule has 4 rings (SSSR count). The van der Waals surface area contributed by atoms with Crippen LogP contribution < -0.4 is 15.0 Å². The Balaban J connectivity index is 1.23. The first-order chi connectivity index (χ1) is 14.6. The van der Waals surface area contributed by atoms with Gasteiger partial charge in [-0.05, 0) is 42.8 Å². The van der Waals surface area contributed by atoms with E-state index < -0.39 is 0 Å². The molecule has 1 atom stereocenters. The van der Waals surface area contributed by atoms with Gasteiger partial charge in [0.05, 0.1) is 12.5 Å². The van der Waals surface area contributed by atoms with Crippen molar-refractivity contribution >= 4 is 40.0 Å². The molecule has 1 saturated heterocycles. The quantitative estimate of drug-likeness (QED) is 0.586. The van der Waals surface area contributed by atoms with Gasteiger partial charge in [0, 0.05) is 41.8 Å². The fourth-order valence-electron chi connectivity index (χ4n) is 3.56. The van der Waals surface area contributed by atoms with Gasteiger partial charge in [0.15, 0.2) is 0 Å². The van der Waals surface area contributed by atoms with Gasteiger partial charge in [-0.3, -0.25) is 14.6 Å². The summed E-state index contributed by atoms with van der Waals surface area (Å²) in [7, 11) is 0. The van der Waals surface area contributed by atoms with Crippen LogP contribution in [0.2, 0.25) is 5.02 Å². The lowest BCUT2D eigenvalue weighted by Gasteiger charge is -2.16. The molecule has 1 N–H and O–H groups in total. The molecule has 30 heavy (non-hydrogen) atoms. The third kappa shape index (κ3) is 4.54. The van der Waals surface area contributed by atoms with Crippen molar-refractivity contribution in [2.75, 3.05) is 24.6 Å². The van der Waals surface area contributed by atoms with Crippen molar-refractivity contribution in [1.29, 1.82) is 0 Å². The number of hydrogen-bond donors (Lipinski definition) is 1. The number of benzene rings is 2. The molecular formula is C23H22ClN3O3. The van der Waals surface area contributed by atoms with E-state index in [1.807, 2.05) is 30.3 Å². The number of nitrogens with zero attached hydrogens (tertiary/aromatic N) is 2. The van der Waals surface area contributed by atoms with E-state index in [-0.39, 0.29) is 24.2 Å². The van der Waals surface area contributed by atoms with Gasteiger partial charge in [-0.25, -0.2) is 0 Å². The fraction of sp³-hybridized carbons (Fsp3) is 0.261. The third-order valence-corrected chi connectivity index (χ3v) is 5.36. The smallest absolute Gasteiger partial charge is 0.227 e. The second kappa shape index (κ2) is 9.13. The fourth-order valence-corrected chi connectivity index (χ4v) is 3.68. The lowest BCUT2D eigenvalue weighted by molar-refractivity contribution is -0.126. The van der Waals surface area contributed by atoms with Crippen molar-refractivity contribution < 1.29 is 14.3 Å². The van der Waals surface area contributed by atoms with Crippen LogP contribution in [0.25, 0.3) is 10.9 Å². The zero-order chi connectivity index (χ0) is 20.9. The minimum Gasteiger partial charge on any atom is -0.491 e. The molecule has 1 unspecified atom stereocenters. The highest BCUT2D eigenvalue weighted by molar-refractivity contribution is 6.30. The van der Waals surface area contributed by atoms with Crippen LogP contribution in [0.15, 0.2) is 60.8 Å². The number of carbonyl (C=O) groups is 2. The molecule has 2 aromatic carbocycles. The number of fused-ring (bicyclic) bond motifs is 1. The Bertz CT molecular complexity index is 1050. The molecule has 1 fully saturated rings. The minimum absolute atomic E-state index is 0.0516. The van der Waals surface area contributed by atoms with E-state index >= 15 is 0 Å². The molecule has 154 valence electrons. The van der Waals surface area contributed by atoms with Gasteiger partial charge in [-0.1, -0.05) is 29.8 Å².